The molecule has 2 aliphatic carbocycles. The van der Waals surface area contributed by atoms with Crippen LogP contribution >= 0.6 is 38.4 Å². The molecule has 2 fully saturated rings. The molecule has 2 aliphatic heterocycles. The van der Waals surface area contributed by atoms with E-state index in [1.165, 1.54) is 25.8 Å². The summed E-state index contributed by atoms with van der Waals surface area (Å²) in [6.07, 6.45) is 11.6. The molecule has 8 unspecified atom stereocenters. The van der Waals surface area contributed by atoms with Gasteiger partial charge in [-0.15, -0.1) is 17.4 Å². The summed E-state index contributed by atoms with van der Waals surface area (Å²) in [6.45, 7) is 66.8. The number of nitrogens with one attached hydrogen (secondary N) is 2. The Morgan fingerprint density at radius 3 is 1.14 bits per heavy atom. The predicted molar refractivity (Wildman–Crippen MR) is 417 cm³/mol. The van der Waals surface area contributed by atoms with Crippen LogP contribution in [0.4, 0.5) is 0 Å². The number of fused-ring (bicyclic) bond motifs is 2. The molecule has 536 valence electrons. The minimum absolute atomic E-state index is 0. The number of hydrogen-bond donors (Lipinski definition) is 0. The fourth-order valence-electron chi connectivity index (χ4n) is 15.9. The largest absolute Gasteiger partial charge is 0.670 e. The summed E-state index contributed by atoms with van der Waals surface area (Å²) in [5.41, 5.74) is 21.4. The number of piperidine rings is 2. The molecule has 14 heteroatoms. The van der Waals surface area contributed by atoms with E-state index in [9.17, 15) is 19.2 Å². The number of carbonyl (C=O) groups is 4. The molecule has 4 aromatic carbocycles. The van der Waals surface area contributed by atoms with Gasteiger partial charge in [0.05, 0.1) is 0 Å². The smallest absolute Gasteiger partial charge is 0.226 e. The van der Waals surface area contributed by atoms with Crippen molar-refractivity contribution in [3.05, 3.63) is 184 Å². The van der Waals surface area contributed by atoms with Crippen molar-refractivity contribution >= 4 is 68.1 Å². The maximum absolute atomic E-state index is 12.9. The normalized spacial score (nSPS) is 22.2. The molecule has 4 aromatic rings. The molecule has 4 amide bonds. The fraction of sp³-hybridized carbons (Fsp3) is 0.585. The summed E-state index contributed by atoms with van der Waals surface area (Å²) in [6, 6.07) is 33.7. The molecule has 0 saturated carbocycles. The molecule has 96 heavy (non-hydrogen) atoms. The van der Waals surface area contributed by atoms with Crippen LogP contribution in [0.2, 0.25) is 0 Å². The van der Waals surface area contributed by atoms with E-state index in [0.717, 1.165) is 36.0 Å². The number of hydrogen-bond acceptors (Lipinski definition) is 4. The first-order valence-electron chi connectivity index (χ1n) is 34.3. The van der Waals surface area contributed by atoms with Gasteiger partial charge in [0.2, 0.25) is 11.8 Å². The Labute approximate surface area is 668 Å². The second-order valence-corrected chi connectivity index (χ2v) is 42.6. The number of rotatable bonds is 9. The second kappa shape index (κ2) is 41.3. The van der Waals surface area contributed by atoms with Crippen LogP contribution in [0.25, 0.3) is 17.5 Å². The summed E-state index contributed by atoms with van der Waals surface area (Å²) >= 11 is 2.25. The van der Waals surface area contributed by atoms with E-state index < -0.39 is 22.6 Å². The molecule has 8 rings (SSSR count). The van der Waals surface area contributed by atoms with Gasteiger partial charge in [0.25, 0.3) is 0 Å². The monoisotopic (exact) mass is 1700 g/mol. The van der Waals surface area contributed by atoms with Crippen molar-refractivity contribution < 1.29 is 105 Å². The molecule has 2 heterocycles. The molecule has 2 radical (unpaired) electrons. The number of amides is 4. The summed E-state index contributed by atoms with van der Waals surface area (Å²) in [7, 11) is 3.86. The minimum atomic E-state index is -0.840. The molecule has 0 aromatic heterocycles. The molecule has 2 saturated heterocycles. The van der Waals surface area contributed by atoms with Crippen LogP contribution in [-0.4, -0.2) is 90.5 Å². The van der Waals surface area contributed by atoms with E-state index in [0.29, 0.717) is 74.9 Å². The van der Waals surface area contributed by atoms with Crippen LogP contribution in [0, 0.1) is 40.1 Å². The topological polar surface area (TPSA) is 122 Å². The van der Waals surface area contributed by atoms with Gasteiger partial charge in [-0.05, 0) is 170 Å². The third kappa shape index (κ3) is 28.4. The van der Waals surface area contributed by atoms with Crippen LogP contribution in [0.5, 0.6) is 0 Å². The van der Waals surface area contributed by atoms with Crippen molar-refractivity contribution in [2.24, 2.45) is 22.7 Å². The number of carbonyl (C=O) groups excluding carboxylic acids is 4. The Bertz CT molecular complexity index is 2960. The van der Waals surface area contributed by atoms with Crippen LogP contribution in [0.15, 0.2) is 116 Å². The third-order valence-electron chi connectivity index (χ3n) is 18.0. The van der Waals surface area contributed by atoms with Gasteiger partial charge in [0.1, 0.15) is 0 Å². The zero-order valence-corrected chi connectivity index (χ0v) is 75.7. The van der Waals surface area contributed by atoms with E-state index in [4.69, 9.17) is 11.5 Å². The maximum atomic E-state index is 12.9. The van der Waals surface area contributed by atoms with Crippen LogP contribution in [-0.2, 0) is 131 Å². The number of likely N-dealkylation sites (N-methyl/N-ethyl adjacent to an activating group) is 2. The first-order valence-corrected chi connectivity index (χ1v) is 38.1. The number of likely N-dealkylation sites (tertiary alicyclic amines) is 2. The summed E-state index contributed by atoms with van der Waals surface area (Å²) < 4.78 is 1.17. The van der Waals surface area contributed by atoms with Crippen molar-refractivity contribution in [3.8, 4) is 0 Å². The van der Waals surface area contributed by atoms with Crippen molar-refractivity contribution in [1.29, 1.82) is 0 Å². The van der Waals surface area contributed by atoms with Crippen molar-refractivity contribution in [1.82, 2.24) is 9.80 Å². The molecular formula is C82H127IN4O4P2PdY2-4. The number of nitrogens with zero attached hydrogens (tertiary/aromatic N) is 2. The number of allylic oxidation sites excluding steroid dienone is 2. The minimum Gasteiger partial charge on any atom is -0.670 e. The van der Waals surface area contributed by atoms with Gasteiger partial charge in [0, 0.05) is 151 Å². The average molecular weight is 1710 g/mol. The Morgan fingerprint density at radius 1 is 0.531 bits per heavy atom. The zero-order chi connectivity index (χ0) is 71.8. The maximum Gasteiger partial charge on any atom is 0.226 e. The standard InChI is InChI=1S/C27H31N2O2.C16H21NO.2C12H27P.C11H11INO.2C2H6.Pd.2Y/c1-18-24(20-9-5-4-6-10-20)15-21(25(30)29(18)3)11-7-8-19-12-13-22-16-27(2,26(28)31)17-23(22)14-19;1-4-8-14-11-15(12(2)17(3)16(14)18)13-9-6-5-7-10-13;2*1-10(2,3)13(11(4,5)6)12(7,8)9;1-11(10(13)14)5-7-2-3-9(12)4-8(7)6-11;2*1-2;;;/h4-10,12-14,18,21,24H,2,11,15-17H2,1,3H3,(H2,28,31);4-7,9-10,12,14-15H,1,8,11H2,2-3H3;2*1-9H3;2-4H,1,5-6H2,(H2,13,14);2*1-2H3;;;/q-1;;;;-1;;;;;/p-2. The van der Waals surface area contributed by atoms with Gasteiger partial charge >= 0.3 is 0 Å². The van der Waals surface area contributed by atoms with Gasteiger partial charge in [-0.1, -0.05) is 271 Å². The number of halogens is 1. The van der Waals surface area contributed by atoms with Gasteiger partial charge in [-0.25, -0.2) is 0 Å². The third-order valence-corrected chi connectivity index (χ3v) is 26.7. The van der Waals surface area contributed by atoms with E-state index in [1.807, 2.05) is 94.1 Å². The first-order chi connectivity index (χ1) is 42.7. The molecule has 2 N–H and O–H groups in total. The van der Waals surface area contributed by atoms with Gasteiger partial charge < -0.3 is 44.7 Å². The second-order valence-electron chi connectivity index (χ2n) is 32.0. The van der Waals surface area contributed by atoms with E-state index in [2.05, 4.69) is 254 Å². The first kappa shape index (κ1) is 96.8. The van der Waals surface area contributed by atoms with Crippen LogP contribution < -0.4 is 0 Å². The Kier molecular flexibility index (Phi) is 41.6. The van der Waals surface area contributed by atoms with Crippen molar-refractivity contribution in [2.75, 3.05) is 14.1 Å². The fourth-order valence-corrected chi connectivity index (χ4v) is 28.5. The molecule has 4 aliphatic rings. The summed E-state index contributed by atoms with van der Waals surface area (Å²) in [5.74, 6) is 0.170. The SMILES string of the molecule is C=CCC1CC(c2ccccc2)C(C)N(C)C1=O.CC.CC.CC(C)(C)P(C(C)(C)C)C(C)(C)C.CC(C)(C)P(C(C)(C)C)C(C)(C)C.[CH2-]C1(C([NH-])=O)Cc2ccc(C=CCC3CC(c4ccccc4)C(C)N(C)C3=O)cc2C1.[CH2-]C1(C([NH-])=O)Cc2ccc(I)cc2C1.[Pd].[Y].[Y]. The van der Waals surface area contributed by atoms with E-state index in [-0.39, 0.29) is 137 Å². The van der Waals surface area contributed by atoms with E-state index in [1.54, 1.807) is 0 Å². The van der Waals surface area contributed by atoms with E-state index >= 15 is 0 Å². The Balaban J connectivity index is 0. The van der Waals surface area contributed by atoms with Gasteiger partial charge in [-0.3, -0.25) is 9.59 Å². The molecule has 8 nitrogen and oxygen atoms in total. The van der Waals surface area contributed by atoms with Gasteiger partial charge in [0.15, 0.2) is 0 Å². The zero-order valence-electron chi connectivity index (χ0n) is 64.5. The predicted octanol–water partition coefficient (Wildman–Crippen LogP) is 23.0. The molecule has 0 bridgehead atoms. The Hall–Kier alpha value is -1.30. The summed E-state index contributed by atoms with van der Waals surface area (Å²) in [4.78, 5) is 51.6. The van der Waals surface area contributed by atoms with Crippen LogP contribution in [0.3, 0.4) is 0 Å². The quantitative estimate of drug-likeness (QED) is 0.0544. The molecule has 8 atom stereocenters. The van der Waals surface area contributed by atoms with Crippen molar-refractivity contribution in [2.45, 2.75) is 272 Å². The Morgan fingerprint density at radius 2 is 0.833 bits per heavy atom. The van der Waals surface area contributed by atoms with Gasteiger partial charge in [-0.2, -0.15) is 0 Å². The summed E-state index contributed by atoms with van der Waals surface area (Å²) in [5, 5.41) is 2.70. The molecular weight excluding hydrogens is 1580 g/mol. The number of benzene rings is 4. The van der Waals surface area contributed by atoms with Crippen molar-refractivity contribution in [3.63, 3.8) is 0 Å². The average Bonchev–Trinajstić information content (AvgIpc) is 1.01. The molecule has 0 spiro atoms. The van der Waals surface area contributed by atoms with Crippen LogP contribution in [0.1, 0.15) is 243 Å².